The second-order valence-electron chi connectivity index (χ2n) is 8.10. The van der Waals surface area contributed by atoms with Crippen molar-refractivity contribution in [2.24, 2.45) is 16.4 Å². The Hall–Kier alpha value is -1.51. The van der Waals surface area contributed by atoms with Gasteiger partial charge in [0.15, 0.2) is 6.17 Å². The van der Waals surface area contributed by atoms with E-state index in [-0.39, 0.29) is 36.8 Å². The van der Waals surface area contributed by atoms with E-state index in [4.69, 9.17) is 0 Å². The van der Waals surface area contributed by atoms with Crippen LogP contribution in [0.4, 0.5) is 13.2 Å². The SMILES string of the molecule is CCCCN1C(=O)C2NN=C(C3(C(F)(F)F)CC3)N2C2NCC(C)CC21. The minimum Gasteiger partial charge on any atom is -0.333 e. The van der Waals surface area contributed by atoms with Crippen LogP contribution in [-0.2, 0) is 4.79 Å². The number of amidine groups is 1. The standard InChI is InChI=1S/C17H26F3N5O/c1-3-4-7-24-11-8-10(2)9-21-12(11)25-13(14(24)26)22-23-15(25)16(5-6-16)17(18,19)20/h10-13,21-22H,3-9H2,1-2H3. The molecule has 0 aromatic carbocycles. The van der Waals surface area contributed by atoms with E-state index in [2.05, 4.69) is 29.7 Å². The maximum atomic E-state index is 13.7. The van der Waals surface area contributed by atoms with Gasteiger partial charge in [-0.3, -0.25) is 15.5 Å². The number of nitrogens with one attached hydrogen (secondary N) is 2. The van der Waals surface area contributed by atoms with Gasteiger partial charge in [-0.1, -0.05) is 20.3 Å². The van der Waals surface area contributed by atoms with Crippen molar-refractivity contribution in [3.8, 4) is 0 Å². The molecule has 146 valence electrons. The van der Waals surface area contributed by atoms with Crippen LogP contribution >= 0.6 is 0 Å². The summed E-state index contributed by atoms with van der Waals surface area (Å²) >= 11 is 0. The molecule has 1 amide bonds. The Bertz CT molecular complexity index is 618. The number of hydrogen-bond acceptors (Lipinski definition) is 5. The van der Waals surface area contributed by atoms with Gasteiger partial charge in [0.1, 0.15) is 17.4 Å². The number of amides is 1. The van der Waals surface area contributed by atoms with Crippen molar-refractivity contribution in [2.75, 3.05) is 13.1 Å². The Labute approximate surface area is 151 Å². The molecule has 1 aliphatic carbocycles. The average Bonchev–Trinajstić information content (AvgIpc) is 3.28. The molecular weight excluding hydrogens is 347 g/mol. The Morgan fingerprint density at radius 2 is 2.08 bits per heavy atom. The van der Waals surface area contributed by atoms with E-state index in [0.29, 0.717) is 12.5 Å². The van der Waals surface area contributed by atoms with Gasteiger partial charge in [-0.05, 0) is 38.1 Å². The van der Waals surface area contributed by atoms with E-state index in [1.807, 2.05) is 4.90 Å². The van der Waals surface area contributed by atoms with Crippen LogP contribution in [0.5, 0.6) is 0 Å². The van der Waals surface area contributed by atoms with Crippen molar-refractivity contribution in [1.82, 2.24) is 20.5 Å². The Morgan fingerprint density at radius 3 is 2.69 bits per heavy atom. The van der Waals surface area contributed by atoms with Crippen LogP contribution in [0, 0.1) is 11.3 Å². The molecule has 4 atom stereocenters. The number of halogens is 3. The van der Waals surface area contributed by atoms with Crippen LogP contribution in [-0.4, -0.2) is 59.2 Å². The highest BCUT2D eigenvalue weighted by Gasteiger charge is 2.71. The monoisotopic (exact) mass is 373 g/mol. The average molecular weight is 373 g/mol. The summed E-state index contributed by atoms with van der Waals surface area (Å²) in [5.74, 6) is 0.209. The predicted octanol–water partition coefficient (Wildman–Crippen LogP) is 1.84. The van der Waals surface area contributed by atoms with Gasteiger partial charge in [-0.25, -0.2) is 0 Å². The molecule has 4 unspecified atom stereocenters. The number of hydrogen-bond donors (Lipinski definition) is 2. The van der Waals surface area contributed by atoms with Gasteiger partial charge in [0.25, 0.3) is 5.91 Å². The highest BCUT2D eigenvalue weighted by molar-refractivity contribution is 5.98. The maximum Gasteiger partial charge on any atom is 0.401 e. The zero-order valence-corrected chi connectivity index (χ0v) is 15.1. The third-order valence-electron chi connectivity index (χ3n) is 6.19. The number of piperidine rings is 1. The summed E-state index contributed by atoms with van der Waals surface area (Å²) in [6, 6.07) is -0.122. The van der Waals surface area contributed by atoms with Crippen molar-refractivity contribution in [2.45, 2.75) is 70.5 Å². The van der Waals surface area contributed by atoms with Gasteiger partial charge >= 0.3 is 6.18 Å². The van der Waals surface area contributed by atoms with Gasteiger partial charge in [-0.15, -0.1) is 0 Å². The molecule has 0 spiro atoms. The fraction of sp³-hybridized carbons (Fsp3) is 0.882. The molecule has 0 radical (unpaired) electrons. The summed E-state index contributed by atoms with van der Waals surface area (Å²) in [7, 11) is 0. The number of nitrogens with zero attached hydrogens (tertiary/aromatic N) is 3. The number of rotatable bonds is 4. The summed E-state index contributed by atoms with van der Waals surface area (Å²) in [5.41, 5.74) is 0.817. The van der Waals surface area contributed by atoms with Crippen LogP contribution in [0.3, 0.4) is 0 Å². The molecule has 2 saturated heterocycles. The van der Waals surface area contributed by atoms with Crippen LogP contribution in [0.1, 0.15) is 46.0 Å². The largest absolute Gasteiger partial charge is 0.401 e. The first-order valence-corrected chi connectivity index (χ1v) is 9.53. The summed E-state index contributed by atoms with van der Waals surface area (Å²) in [4.78, 5) is 16.5. The number of carbonyl (C=O) groups excluding carboxylic acids is 1. The number of fused-ring (bicyclic) bond motifs is 3. The first-order valence-electron chi connectivity index (χ1n) is 9.53. The molecule has 3 heterocycles. The molecule has 4 rings (SSSR count). The normalized spacial score (nSPS) is 35.6. The molecule has 6 nitrogen and oxygen atoms in total. The molecule has 3 aliphatic heterocycles. The first-order chi connectivity index (χ1) is 12.3. The van der Waals surface area contributed by atoms with E-state index in [1.54, 1.807) is 4.90 Å². The third kappa shape index (κ3) is 2.50. The van der Waals surface area contributed by atoms with E-state index >= 15 is 0 Å². The number of carbonyl (C=O) groups is 1. The van der Waals surface area contributed by atoms with Crippen molar-refractivity contribution < 1.29 is 18.0 Å². The molecule has 3 fully saturated rings. The number of alkyl halides is 3. The lowest BCUT2D eigenvalue weighted by Crippen LogP contribution is -2.75. The van der Waals surface area contributed by atoms with Gasteiger partial charge in [-0.2, -0.15) is 18.3 Å². The molecule has 4 aliphatic rings. The quantitative estimate of drug-likeness (QED) is 0.790. The topological polar surface area (TPSA) is 60.0 Å². The van der Waals surface area contributed by atoms with Crippen molar-refractivity contribution >= 4 is 11.7 Å². The molecule has 0 aromatic rings. The third-order valence-corrected chi connectivity index (χ3v) is 6.19. The number of unbranched alkanes of at least 4 members (excludes halogenated alkanes) is 1. The van der Waals surface area contributed by atoms with Gasteiger partial charge in [0.05, 0.1) is 6.04 Å². The zero-order valence-electron chi connectivity index (χ0n) is 15.1. The van der Waals surface area contributed by atoms with Gasteiger partial charge in [0, 0.05) is 6.54 Å². The van der Waals surface area contributed by atoms with Crippen LogP contribution in [0.25, 0.3) is 0 Å². The van der Waals surface area contributed by atoms with E-state index < -0.39 is 17.8 Å². The second kappa shape index (κ2) is 6.00. The lowest BCUT2D eigenvalue weighted by atomic mass is 9.89. The van der Waals surface area contributed by atoms with Crippen LogP contribution in [0.2, 0.25) is 0 Å². The summed E-state index contributed by atoms with van der Waals surface area (Å²) < 4.78 is 41.0. The number of hydrazone groups is 1. The Kier molecular flexibility index (Phi) is 4.13. The lowest BCUT2D eigenvalue weighted by Gasteiger charge is -2.53. The van der Waals surface area contributed by atoms with Crippen LogP contribution in [0.15, 0.2) is 5.10 Å². The second-order valence-corrected chi connectivity index (χ2v) is 8.10. The Balaban J connectivity index is 1.66. The molecule has 1 saturated carbocycles. The maximum absolute atomic E-state index is 13.7. The fourth-order valence-electron chi connectivity index (χ4n) is 4.53. The fourth-order valence-corrected chi connectivity index (χ4v) is 4.53. The molecule has 9 heteroatoms. The van der Waals surface area contributed by atoms with E-state index in [1.165, 1.54) is 0 Å². The summed E-state index contributed by atoms with van der Waals surface area (Å²) in [6.07, 6.45) is -2.77. The summed E-state index contributed by atoms with van der Waals surface area (Å²) in [5, 5.41) is 7.44. The molecule has 0 aromatic heterocycles. The van der Waals surface area contributed by atoms with E-state index in [9.17, 15) is 18.0 Å². The summed E-state index contributed by atoms with van der Waals surface area (Å²) in [6.45, 7) is 5.53. The minimum atomic E-state index is -4.34. The minimum absolute atomic E-state index is 0.00413. The number of piperazine rings is 1. The molecular formula is C17H26F3N5O. The molecule has 0 bridgehead atoms. The van der Waals surface area contributed by atoms with Gasteiger partial charge in [0.2, 0.25) is 0 Å². The molecule has 26 heavy (non-hydrogen) atoms. The Morgan fingerprint density at radius 1 is 1.35 bits per heavy atom. The zero-order chi connectivity index (χ0) is 18.7. The van der Waals surface area contributed by atoms with Crippen LogP contribution < -0.4 is 10.7 Å². The predicted molar refractivity (Wildman–Crippen MR) is 89.9 cm³/mol. The lowest BCUT2D eigenvalue weighted by molar-refractivity contribution is -0.171. The first kappa shape index (κ1) is 17.9. The van der Waals surface area contributed by atoms with E-state index in [0.717, 1.165) is 25.8 Å². The highest BCUT2D eigenvalue weighted by atomic mass is 19.4. The van der Waals surface area contributed by atoms with Crippen molar-refractivity contribution in [3.63, 3.8) is 0 Å². The highest BCUT2D eigenvalue weighted by Crippen LogP contribution is 2.60. The van der Waals surface area contributed by atoms with Gasteiger partial charge < -0.3 is 9.80 Å². The van der Waals surface area contributed by atoms with Crippen molar-refractivity contribution in [1.29, 1.82) is 0 Å². The smallest absolute Gasteiger partial charge is 0.333 e. The molecule has 2 N–H and O–H groups in total. The van der Waals surface area contributed by atoms with Crippen molar-refractivity contribution in [3.05, 3.63) is 0 Å².